The fourth-order valence-electron chi connectivity index (χ4n) is 1.93. The quantitative estimate of drug-likeness (QED) is 0.891. The van der Waals surface area contributed by atoms with Gasteiger partial charge in [0.15, 0.2) is 0 Å². The van der Waals surface area contributed by atoms with Crippen LogP contribution < -0.4 is 9.46 Å². The first-order valence-corrected chi connectivity index (χ1v) is 7.88. The maximum Gasteiger partial charge on any atom is 0.240 e. The maximum absolute atomic E-state index is 12.8. The van der Waals surface area contributed by atoms with Gasteiger partial charge >= 0.3 is 0 Å². The Hall–Kier alpha value is -1.92. The van der Waals surface area contributed by atoms with E-state index in [9.17, 15) is 12.8 Å². The predicted octanol–water partition coefficient (Wildman–Crippen LogP) is 2.36. The van der Waals surface area contributed by atoms with E-state index in [0.717, 1.165) is 23.4 Å². The minimum absolute atomic E-state index is 0.0453. The number of para-hydroxylation sites is 1. The van der Waals surface area contributed by atoms with Gasteiger partial charge in [0.1, 0.15) is 11.6 Å². The van der Waals surface area contributed by atoms with Gasteiger partial charge in [-0.2, -0.15) is 0 Å². The lowest BCUT2D eigenvalue weighted by Crippen LogP contribution is -2.26. The van der Waals surface area contributed by atoms with Gasteiger partial charge in [-0.3, -0.25) is 0 Å². The number of benzene rings is 2. The van der Waals surface area contributed by atoms with Gasteiger partial charge in [-0.05, 0) is 42.3 Å². The molecule has 0 atom stereocenters. The summed E-state index contributed by atoms with van der Waals surface area (Å²) in [5, 5.41) is 0. The normalized spacial score (nSPS) is 11.3. The van der Waals surface area contributed by atoms with E-state index in [1.807, 2.05) is 24.3 Å². The molecule has 0 radical (unpaired) electrons. The van der Waals surface area contributed by atoms with E-state index in [-0.39, 0.29) is 11.4 Å². The van der Waals surface area contributed by atoms with E-state index >= 15 is 0 Å². The molecule has 0 aromatic heterocycles. The van der Waals surface area contributed by atoms with Crippen LogP contribution in [0.5, 0.6) is 5.75 Å². The fraction of sp³-hybridized carbons (Fsp3) is 0.200. The van der Waals surface area contributed by atoms with Crippen molar-refractivity contribution in [1.29, 1.82) is 0 Å². The Bertz CT molecular complexity index is 699. The summed E-state index contributed by atoms with van der Waals surface area (Å²) >= 11 is 0. The number of halogens is 1. The van der Waals surface area contributed by atoms with E-state index in [1.165, 1.54) is 12.1 Å². The second kappa shape index (κ2) is 6.69. The minimum Gasteiger partial charge on any atom is -0.496 e. The molecule has 6 heteroatoms. The Morgan fingerprint density at radius 3 is 2.43 bits per heavy atom. The Balaban J connectivity index is 2.01. The molecular formula is C15H16FNO3S. The number of sulfonamides is 1. The topological polar surface area (TPSA) is 55.4 Å². The molecule has 0 heterocycles. The van der Waals surface area contributed by atoms with Crippen LogP contribution in [0, 0.1) is 5.82 Å². The maximum atomic E-state index is 12.8. The Labute approximate surface area is 123 Å². The average molecular weight is 309 g/mol. The Morgan fingerprint density at radius 1 is 1.10 bits per heavy atom. The van der Waals surface area contributed by atoms with Gasteiger partial charge in [0.25, 0.3) is 0 Å². The first-order valence-electron chi connectivity index (χ1n) is 6.40. The molecule has 0 fully saturated rings. The number of hydrogen-bond acceptors (Lipinski definition) is 3. The number of hydrogen-bond donors (Lipinski definition) is 1. The lowest BCUT2D eigenvalue weighted by Gasteiger charge is -2.09. The number of nitrogens with one attached hydrogen (secondary N) is 1. The molecule has 112 valence electrons. The first-order chi connectivity index (χ1) is 10.0. The van der Waals surface area contributed by atoms with Crippen molar-refractivity contribution in [1.82, 2.24) is 4.72 Å². The largest absolute Gasteiger partial charge is 0.496 e. The van der Waals surface area contributed by atoms with Crippen LogP contribution in [0.2, 0.25) is 0 Å². The molecular weight excluding hydrogens is 293 g/mol. The standard InChI is InChI=1S/C15H16FNO3S/c1-20-15-5-3-2-4-12(15)10-11-17-21(18,19)14-8-6-13(16)7-9-14/h2-9,17H,10-11H2,1H3. The SMILES string of the molecule is COc1ccccc1CCNS(=O)(=O)c1ccc(F)cc1. The summed E-state index contributed by atoms with van der Waals surface area (Å²) < 4.78 is 44.5. The van der Waals surface area contributed by atoms with Gasteiger partial charge in [-0.15, -0.1) is 0 Å². The second-order valence-electron chi connectivity index (χ2n) is 4.41. The molecule has 2 aromatic rings. The molecule has 2 rings (SSSR count). The summed E-state index contributed by atoms with van der Waals surface area (Å²) in [6.07, 6.45) is 0.504. The molecule has 0 spiro atoms. The predicted molar refractivity (Wildman–Crippen MR) is 78.3 cm³/mol. The highest BCUT2D eigenvalue weighted by Crippen LogP contribution is 2.17. The Kier molecular flexibility index (Phi) is 4.93. The lowest BCUT2D eigenvalue weighted by atomic mass is 10.1. The molecule has 1 N–H and O–H groups in total. The van der Waals surface area contributed by atoms with Crippen molar-refractivity contribution in [3.05, 3.63) is 59.9 Å². The third-order valence-electron chi connectivity index (χ3n) is 3.00. The van der Waals surface area contributed by atoms with E-state index < -0.39 is 15.8 Å². The van der Waals surface area contributed by atoms with Crippen molar-refractivity contribution < 1.29 is 17.5 Å². The van der Waals surface area contributed by atoms with Gasteiger partial charge in [-0.1, -0.05) is 18.2 Å². The van der Waals surface area contributed by atoms with Crippen LogP contribution in [0.3, 0.4) is 0 Å². The average Bonchev–Trinajstić information content (AvgIpc) is 2.48. The van der Waals surface area contributed by atoms with E-state index in [4.69, 9.17) is 4.74 Å². The van der Waals surface area contributed by atoms with Crippen molar-refractivity contribution in [3.63, 3.8) is 0 Å². The van der Waals surface area contributed by atoms with Gasteiger partial charge in [0, 0.05) is 6.54 Å². The zero-order chi connectivity index (χ0) is 15.3. The minimum atomic E-state index is -3.62. The molecule has 0 amide bonds. The summed E-state index contributed by atoms with van der Waals surface area (Å²) in [6, 6.07) is 12.1. The number of ether oxygens (including phenoxy) is 1. The third kappa shape index (κ3) is 4.03. The van der Waals surface area contributed by atoms with Crippen LogP contribution in [-0.4, -0.2) is 22.1 Å². The van der Waals surface area contributed by atoms with E-state index in [1.54, 1.807) is 7.11 Å². The summed E-state index contributed by atoms with van der Waals surface area (Å²) in [5.74, 6) is 0.251. The van der Waals surface area contributed by atoms with Gasteiger partial charge in [0.05, 0.1) is 12.0 Å². The molecule has 0 saturated carbocycles. The van der Waals surface area contributed by atoms with E-state index in [0.29, 0.717) is 6.42 Å². The van der Waals surface area contributed by atoms with Crippen molar-refractivity contribution >= 4 is 10.0 Å². The molecule has 2 aromatic carbocycles. The highest BCUT2D eigenvalue weighted by atomic mass is 32.2. The highest BCUT2D eigenvalue weighted by Gasteiger charge is 2.13. The molecule has 0 unspecified atom stereocenters. The monoisotopic (exact) mass is 309 g/mol. The third-order valence-corrected chi connectivity index (χ3v) is 4.48. The molecule has 0 saturated heterocycles. The number of methoxy groups -OCH3 is 1. The van der Waals surface area contributed by atoms with Crippen molar-refractivity contribution in [2.24, 2.45) is 0 Å². The zero-order valence-electron chi connectivity index (χ0n) is 11.5. The summed E-state index contributed by atoms with van der Waals surface area (Å²) in [6.45, 7) is 0.236. The van der Waals surface area contributed by atoms with Crippen molar-refractivity contribution in [3.8, 4) is 5.75 Å². The van der Waals surface area contributed by atoms with Gasteiger partial charge in [0.2, 0.25) is 10.0 Å². The van der Waals surface area contributed by atoms with Gasteiger partial charge < -0.3 is 4.74 Å². The fourth-order valence-corrected chi connectivity index (χ4v) is 2.96. The van der Waals surface area contributed by atoms with Crippen LogP contribution in [-0.2, 0) is 16.4 Å². The smallest absolute Gasteiger partial charge is 0.240 e. The molecule has 21 heavy (non-hydrogen) atoms. The zero-order valence-corrected chi connectivity index (χ0v) is 12.4. The number of rotatable bonds is 6. The molecule has 0 aliphatic heterocycles. The first kappa shape index (κ1) is 15.5. The second-order valence-corrected chi connectivity index (χ2v) is 6.18. The molecule has 4 nitrogen and oxygen atoms in total. The van der Waals surface area contributed by atoms with Crippen molar-refractivity contribution in [2.75, 3.05) is 13.7 Å². The molecule has 0 aliphatic carbocycles. The van der Waals surface area contributed by atoms with Crippen LogP contribution in [0.25, 0.3) is 0 Å². The van der Waals surface area contributed by atoms with Crippen molar-refractivity contribution in [2.45, 2.75) is 11.3 Å². The van der Waals surface area contributed by atoms with E-state index in [2.05, 4.69) is 4.72 Å². The van der Waals surface area contributed by atoms with Crippen LogP contribution >= 0.6 is 0 Å². The summed E-state index contributed by atoms with van der Waals surface area (Å²) in [4.78, 5) is 0.0453. The summed E-state index contributed by atoms with van der Waals surface area (Å²) in [5.41, 5.74) is 0.918. The molecule has 0 bridgehead atoms. The molecule has 0 aliphatic rings. The van der Waals surface area contributed by atoms with Crippen LogP contribution in [0.1, 0.15) is 5.56 Å². The van der Waals surface area contributed by atoms with Crippen LogP contribution in [0.4, 0.5) is 4.39 Å². The van der Waals surface area contributed by atoms with Gasteiger partial charge in [-0.25, -0.2) is 17.5 Å². The summed E-state index contributed by atoms with van der Waals surface area (Å²) in [7, 11) is -2.05. The Morgan fingerprint density at radius 2 is 1.76 bits per heavy atom. The van der Waals surface area contributed by atoms with Crippen LogP contribution in [0.15, 0.2) is 53.4 Å². The lowest BCUT2D eigenvalue weighted by molar-refractivity contribution is 0.409. The highest BCUT2D eigenvalue weighted by molar-refractivity contribution is 7.89.